The van der Waals surface area contributed by atoms with Crippen LogP contribution in [0.15, 0.2) is 53.1 Å². The van der Waals surface area contributed by atoms with Gasteiger partial charge in [-0.25, -0.2) is 0 Å². The lowest BCUT2D eigenvalue weighted by Gasteiger charge is -2.20. The van der Waals surface area contributed by atoms with Gasteiger partial charge in [0.1, 0.15) is 5.75 Å². The number of carbonyl (C=O) groups is 1. The van der Waals surface area contributed by atoms with E-state index in [2.05, 4.69) is 10.1 Å². The summed E-state index contributed by atoms with van der Waals surface area (Å²) in [5, 5.41) is 4.11. The second kappa shape index (κ2) is 8.90. The topological polar surface area (TPSA) is 68.5 Å². The Morgan fingerprint density at radius 3 is 2.52 bits per heavy atom. The Labute approximate surface area is 170 Å². The zero-order chi connectivity index (χ0) is 20.1. The number of benzene rings is 2. The number of rotatable bonds is 5. The molecule has 4 rings (SSSR count). The second-order valence-electron chi connectivity index (χ2n) is 7.37. The van der Waals surface area contributed by atoms with Gasteiger partial charge >= 0.3 is 0 Å². The molecule has 0 atom stereocenters. The first-order valence-corrected chi connectivity index (χ1v) is 10.1. The fourth-order valence-electron chi connectivity index (χ4n) is 3.47. The monoisotopic (exact) mass is 391 g/mol. The molecule has 0 radical (unpaired) electrons. The number of carbonyl (C=O) groups excluding carboxylic acids is 1. The summed E-state index contributed by atoms with van der Waals surface area (Å²) in [6.45, 7) is 3.67. The molecule has 3 aromatic rings. The zero-order valence-electron chi connectivity index (χ0n) is 16.6. The fraction of sp³-hybridized carbons (Fsp3) is 0.348. The molecule has 1 amide bonds. The first-order valence-electron chi connectivity index (χ1n) is 10.1. The van der Waals surface area contributed by atoms with Crippen molar-refractivity contribution in [1.29, 1.82) is 0 Å². The predicted octanol–water partition coefficient (Wildman–Crippen LogP) is 4.49. The van der Waals surface area contributed by atoms with Crippen molar-refractivity contribution in [3.05, 3.63) is 54.1 Å². The zero-order valence-corrected chi connectivity index (χ0v) is 16.6. The maximum atomic E-state index is 12.5. The van der Waals surface area contributed by atoms with Crippen LogP contribution >= 0.6 is 0 Å². The number of aromatic nitrogens is 2. The molecule has 0 bridgehead atoms. The van der Waals surface area contributed by atoms with Crippen molar-refractivity contribution in [3.63, 3.8) is 0 Å². The number of para-hydroxylation sites is 1. The van der Waals surface area contributed by atoms with Crippen LogP contribution in [-0.2, 0) is 4.79 Å². The Balaban J connectivity index is 1.48. The molecule has 1 aliphatic heterocycles. The highest BCUT2D eigenvalue weighted by Gasteiger charge is 2.18. The van der Waals surface area contributed by atoms with Crippen LogP contribution in [0.5, 0.6) is 5.75 Å². The van der Waals surface area contributed by atoms with E-state index >= 15 is 0 Å². The lowest BCUT2D eigenvalue weighted by molar-refractivity contribution is -0.133. The number of aryl methyl sites for hydroxylation is 1. The van der Waals surface area contributed by atoms with Crippen molar-refractivity contribution in [2.75, 3.05) is 19.7 Å². The maximum absolute atomic E-state index is 12.5. The number of nitrogens with zero attached hydrogens (tertiary/aromatic N) is 3. The van der Waals surface area contributed by atoms with E-state index in [9.17, 15) is 4.79 Å². The van der Waals surface area contributed by atoms with Crippen LogP contribution in [0.2, 0.25) is 0 Å². The predicted molar refractivity (Wildman–Crippen MR) is 110 cm³/mol. The van der Waals surface area contributed by atoms with Gasteiger partial charge in [0, 0.05) is 18.7 Å². The number of likely N-dealkylation sites (tertiary alicyclic amines) is 1. The second-order valence-corrected chi connectivity index (χ2v) is 7.37. The SMILES string of the molecule is Cc1ccc(-c2nc(-c3ccccc3OCC(=O)N3CCCCCC3)no2)cc1. The third-order valence-electron chi connectivity index (χ3n) is 5.16. The van der Waals surface area contributed by atoms with Gasteiger partial charge in [-0.05, 0) is 44.0 Å². The van der Waals surface area contributed by atoms with E-state index in [1.165, 1.54) is 18.4 Å². The average Bonchev–Trinajstić information content (AvgIpc) is 3.07. The summed E-state index contributed by atoms with van der Waals surface area (Å²) in [5.74, 6) is 1.50. The molecule has 150 valence electrons. The van der Waals surface area contributed by atoms with E-state index in [1.54, 1.807) is 0 Å². The molecular formula is C23H25N3O3. The Morgan fingerprint density at radius 1 is 1.03 bits per heavy atom. The minimum atomic E-state index is 0.0136. The van der Waals surface area contributed by atoms with Crippen LogP contribution in [0.25, 0.3) is 22.8 Å². The standard InChI is InChI=1S/C23H25N3O3/c1-17-10-12-18(13-11-17)23-24-22(25-29-23)19-8-4-5-9-20(19)28-16-21(27)26-14-6-2-3-7-15-26/h4-5,8-13H,2-3,6-7,14-16H2,1H3. The summed E-state index contributed by atoms with van der Waals surface area (Å²) in [5.41, 5.74) is 2.74. The maximum Gasteiger partial charge on any atom is 0.260 e. The number of ether oxygens (including phenoxy) is 1. The molecule has 1 aromatic heterocycles. The Bertz CT molecular complexity index is 958. The van der Waals surface area contributed by atoms with Gasteiger partial charge in [-0.2, -0.15) is 4.98 Å². The molecular weight excluding hydrogens is 366 g/mol. The van der Waals surface area contributed by atoms with Crippen LogP contribution in [0.4, 0.5) is 0 Å². The van der Waals surface area contributed by atoms with E-state index in [4.69, 9.17) is 9.26 Å². The van der Waals surface area contributed by atoms with E-state index in [0.717, 1.165) is 31.5 Å². The summed E-state index contributed by atoms with van der Waals surface area (Å²) >= 11 is 0. The third kappa shape index (κ3) is 4.65. The van der Waals surface area contributed by atoms with Gasteiger partial charge in [0.05, 0.1) is 5.56 Å². The summed E-state index contributed by atoms with van der Waals surface area (Å²) < 4.78 is 11.3. The van der Waals surface area contributed by atoms with Crippen LogP contribution in [0.3, 0.4) is 0 Å². The van der Waals surface area contributed by atoms with E-state index in [1.807, 2.05) is 60.4 Å². The lowest BCUT2D eigenvalue weighted by Crippen LogP contribution is -2.35. The van der Waals surface area contributed by atoms with Gasteiger partial charge < -0.3 is 14.2 Å². The summed E-state index contributed by atoms with van der Waals surface area (Å²) in [4.78, 5) is 19.0. The Hall–Kier alpha value is -3.15. The van der Waals surface area contributed by atoms with Gasteiger partial charge in [-0.1, -0.05) is 47.8 Å². The van der Waals surface area contributed by atoms with Gasteiger partial charge in [0.15, 0.2) is 6.61 Å². The first kappa shape index (κ1) is 19.2. The number of hydrogen-bond donors (Lipinski definition) is 0. The van der Waals surface area contributed by atoms with Crippen molar-refractivity contribution in [3.8, 4) is 28.6 Å². The first-order chi connectivity index (χ1) is 14.2. The normalized spacial score (nSPS) is 14.4. The van der Waals surface area contributed by atoms with Gasteiger partial charge in [0.25, 0.3) is 11.8 Å². The Morgan fingerprint density at radius 2 is 1.76 bits per heavy atom. The van der Waals surface area contributed by atoms with E-state index < -0.39 is 0 Å². The molecule has 1 fully saturated rings. The van der Waals surface area contributed by atoms with Crippen LogP contribution in [-0.4, -0.2) is 40.6 Å². The van der Waals surface area contributed by atoms with Gasteiger partial charge in [-0.15, -0.1) is 0 Å². The average molecular weight is 391 g/mol. The summed E-state index contributed by atoms with van der Waals surface area (Å²) in [7, 11) is 0. The molecule has 2 heterocycles. The molecule has 6 heteroatoms. The van der Waals surface area contributed by atoms with Crippen molar-refractivity contribution in [2.45, 2.75) is 32.6 Å². The summed E-state index contributed by atoms with van der Waals surface area (Å²) in [6.07, 6.45) is 4.50. The van der Waals surface area contributed by atoms with Crippen molar-refractivity contribution < 1.29 is 14.1 Å². The van der Waals surface area contributed by atoms with Crippen LogP contribution in [0.1, 0.15) is 31.2 Å². The minimum Gasteiger partial charge on any atom is -0.483 e. The molecule has 0 unspecified atom stereocenters. The lowest BCUT2D eigenvalue weighted by atomic mass is 10.1. The minimum absolute atomic E-state index is 0.0136. The molecule has 0 saturated carbocycles. The van der Waals surface area contributed by atoms with Crippen LogP contribution in [0, 0.1) is 6.92 Å². The third-order valence-corrected chi connectivity index (χ3v) is 5.16. The molecule has 2 aromatic carbocycles. The van der Waals surface area contributed by atoms with Gasteiger partial charge in [-0.3, -0.25) is 4.79 Å². The highest BCUT2D eigenvalue weighted by atomic mass is 16.5. The number of amides is 1. The smallest absolute Gasteiger partial charge is 0.260 e. The molecule has 6 nitrogen and oxygen atoms in total. The van der Waals surface area contributed by atoms with Crippen molar-refractivity contribution >= 4 is 5.91 Å². The van der Waals surface area contributed by atoms with Gasteiger partial charge in [0.2, 0.25) is 5.82 Å². The van der Waals surface area contributed by atoms with Crippen molar-refractivity contribution in [1.82, 2.24) is 15.0 Å². The molecule has 1 saturated heterocycles. The highest BCUT2D eigenvalue weighted by Crippen LogP contribution is 2.29. The van der Waals surface area contributed by atoms with E-state index in [0.29, 0.717) is 23.0 Å². The largest absolute Gasteiger partial charge is 0.483 e. The molecule has 29 heavy (non-hydrogen) atoms. The number of hydrogen-bond acceptors (Lipinski definition) is 5. The van der Waals surface area contributed by atoms with Crippen LogP contribution < -0.4 is 4.74 Å². The van der Waals surface area contributed by atoms with Crippen molar-refractivity contribution in [2.24, 2.45) is 0 Å². The molecule has 0 spiro atoms. The quantitative estimate of drug-likeness (QED) is 0.641. The molecule has 1 aliphatic rings. The molecule has 0 aliphatic carbocycles. The highest BCUT2D eigenvalue weighted by molar-refractivity contribution is 5.78. The Kier molecular flexibility index (Phi) is 5.89. The van der Waals surface area contributed by atoms with E-state index in [-0.39, 0.29) is 12.5 Å². The molecule has 0 N–H and O–H groups in total. The fourth-order valence-corrected chi connectivity index (χ4v) is 3.47. The summed E-state index contributed by atoms with van der Waals surface area (Å²) in [6, 6.07) is 15.4.